The molecule has 0 radical (unpaired) electrons. The molecule has 0 bridgehead atoms. The molecule has 1 aromatic rings. The summed E-state index contributed by atoms with van der Waals surface area (Å²) in [5.74, 6) is -0.116. The topological polar surface area (TPSA) is 40.5 Å². The highest BCUT2D eigenvalue weighted by molar-refractivity contribution is 5.46. The maximum absolute atomic E-state index is 9.30. The predicted molar refractivity (Wildman–Crippen MR) is 50.9 cm³/mol. The molecule has 1 aliphatic rings. The standard InChI is InChI=1S/C11H12O2/c1-2-11(5-6-11)8-3-4-9(12)10(13)7-8/h2-4,7,12-13H,1,5-6H2. The summed E-state index contributed by atoms with van der Waals surface area (Å²) in [6, 6.07) is 4.97. The van der Waals surface area contributed by atoms with Gasteiger partial charge in [-0.15, -0.1) is 6.58 Å². The van der Waals surface area contributed by atoms with Crippen LogP contribution in [0.2, 0.25) is 0 Å². The van der Waals surface area contributed by atoms with Crippen molar-refractivity contribution in [3.63, 3.8) is 0 Å². The van der Waals surface area contributed by atoms with E-state index in [4.69, 9.17) is 5.11 Å². The highest BCUT2D eigenvalue weighted by Crippen LogP contribution is 2.50. The summed E-state index contributed by atoms with van der Waals surface area (Å²) in [5, 5.41) is 18.4. The van der Waals surface area contributed by atoms with Crippen LogP contribution in [0.3, 0.4) is 0 Å². The summed E-state index contributed by atoms with van der Waals surface area (Å²) in [6.45, 7) is 3.78. The van der Waals surface area contributed by atoms with Gasteiger partial charge in [0, 0.05) is 5.41 Å². The van der Waals surface area contributed by atoms with E-state index < -0.39 is 0 Å². The van der Waals surface area contributed by atoms with Crippen LogP contribution in [-0.2, 0) is 5.41 Å². The van der Waals surface area contributed by atoms with Crippen LogP contribution in [-0.4, -0.2) is 10.2 Å². The van der Waals surface area contributed by atoms with E-state index >= 15 is 0 Å². The van der Waals surface area contributed by atoms with Gasteiger partial charge in [0.2, 0.25) is 0 Å². The van der Waals surface area contributed by atoms with Crippen molar-refractivity contribution in [3.05, 3.63) is 36.4 Å². The summed E-state index contributed by atoms with van der Waals surface area (Å²) in [7, 11) is 0. The third-order valence-corrected chi connectivity index (χ3v) is 2.73. The van der Waals surface area contributed by atoms with Crippen LogP contribution < -0.4 is 0 Å². The Balaban J connectivity index is 2.42. The lowest BCUT2D eigenvalue weighted by Gasteiger charge is -2.10. The number of rotatable bonds is 2. The lowest BCUT2D eigenvalue weighted by atomic mass is 9.96. The normalized spacial score (nSPS) is 18.2. The fourth-order valence-corrected chi connectivity index (χ4v) is 1.58. The lowest BCUT2D eigenvalue weighted by Crippen LogP contribution is -2.00. The molecule has 0 saturated heterocycles. The van der Waals surface area contributed by atoms with Crippen LogP contribution in [0.25, 0.3) is 0 Å². The van der Waals surface area contributed by atoms with Gasteiger partial charge in [-0.1, -0.05) is 12.1 Å². The Labute approximate surface area is 77.1 Å². The summed E-state index contributed by atoms with van der Waals surface area (Å²) in [6.07, 6.45) is 4.08. The molecule has 1 fully saturated rings. The van der Waals surface area contributed by atoms with Crippen LogP contribution in [0.5, 0.6) is 11.5 Å². The SMILES string of the molecule is C=CC1(c2ccc(O)c(O)c2)CC1. The Morgan fingerprint density at radius 2 is 1.92 bits per heavy atom. The molecule has 0 heterocycles. The van der Waals surface area contributed by atoms with Gasteiger partial charge in [0.25, 0.3) is 0 Å². The van der Waals surface area contributed by atoms with Crippen molar-refractivity contribution in [2.45, 2.75) is 18.3 Å². The number of phenols is 2. The monoisotopic (exact) mass is 176 g/mol. The van der Waals surface area contributed by atoms with Gasteiger partial charge < -0.3 is 10.2 Å². The predicted octanol–water partition coefficient (Wildman–Crippen LogP) is 2.32. The average Bonchev–Trinajstić information content (AvgIpc) is 2.90. The second-order valence-electron chi connectivity index (χ2n) is 3.56. The van der Waals surface area contributed by atoms with Crippen LogP contribution in [0, 0.1) is 0 Å². The average molecular weight is 176 g/mol. The van der Waals surface area contributed by atoms with Crippen molar-refractivity contribution < 1.29 is 10.2 Å². The minimum Gasteiger partial charge on any atom is -0.504 e. The fraction of sp³-hybridized carbons (Fsp3) is 0.273. The third-order valence-electron chi connectivity index (χ3n) is 2.73. The summed E-state index contributed by atoms with van der Waals surface area (Å²) >= 11 is 0. The van der Waals surface area contributed by atoms with Gasteiger partial charge in [-0.05, 0) is 30.5 Å². The van der Waals surface area contributed by atoms with Crippen LogP contribution >= 0.6 is 0 Å². The second-order valence-corrected chi connectivity index (χ2v) is 3.56. The van der Waals surface area contributed by atoms with Crippen LogP contribution in [0.1, 0.15) is 18.4 Å². The summed E-state index contributed by atoms with van der Waals surface area (Å²) < 4.78 is 0. The molecule has 2 nitrogen and oxygen atoms in total. The quantitative estimate of drug-likeness (QED) is 0.536. The van der Waals surface area contributed by atoms with Gasteiger partial charge in [-0.25, -0.2) is 0 Å². The van der Waals surface area contributed by atoms with Crippen molar-refractivity contribution in [1.29, 1.82) is 0 Å². The first-order valence-electron chi connectivity index (χ1n) is 4.34. The first kappa shape index (κ1) is 8.17. The number of benzene rings is 1. The zero-order valence-corrected chi connectivity index (χ0v) is 7.33. The highest BCUT2D eigenvalue weighted by Gasteiger charge is 2.41. The number of allylic oxidation sites excluding steroid dienone is 1. The highest BCUT2D eigenvalue weighted by atomic mass is 16.3. The van der Waals surface area contributed by atoms with E-state index in [0.717, 1.165) is 18.4 Å². The number of phenolic OH excluding ortho intramolecular Hbond substituents is 2. The van der Waals surface area contributed by atoms with E-state index in [1.807, 2.05) is 12.1 Å². The Morgan fingerprint density at radius 3 is 2.38 bits per heavy atom. The molecule has 1 aromatic carbocycles. The van der Waals surface area contributed by atoms with Crippen molar-refractivity contribution in [2.75, 3.05) is 0 Å². The molecular weight excluding hydrogens is 164 g/mol. The van der Waals surface area contributed by atoms with Crippen LogP contribution in [0.15, 0.2) is 30.9 Å². The number of hydrogen-bond acceptors (Lipinski definition) is 2. The largest absolute Gasteiger partial charge is 0.504 e. The molecule has 0 amide bonds. The van der Waals surface area contributed by atoms with E-state index in [1.165, 1.54) is 6.07 Å². The fourth-order valence-electron chi connectivity index (χ4n) is 1.58. The maximum Gasteiger partial charge on any atom is 0.157 e. The number of hydrogen-bond donors (Lipinski definition) is 2. The number of aromatic hydroxyl groups is 2. The van der Waals surface area contributed by atoms with Gasteiger partial charge in [-0.3, -0.25) is 0 Å². The van der Waals surface area contributed by atoms with Gasteiger partial charge in [0.1, 0.15) is 0 Å². The Morgan fingerprint density at radius 1 is 1.23 bits per heavy atom. The zero-order valence-electron chi connectivity index (χ0n) is 7.33. The van der Waals surface area contributed by atoms with Gasteiger partial charge >= 0.3 is 0 Å². The Bertz CT molecular complexity index is 351. The maximum atomic E-state index is 9.30. The minimum absolute atomic E-state index is 0.0503. The van der Waals surface area contributed by atoms with E-state index in [9.17, 15) is 5.11 Å². The molecule has 0 spiro atoms. The van der Waals surface area contributed by atoms with Crippen LogP contribution in [0.4, 0.5) is 0 Å². The first-order valence-corrected chi connectivity index (χ1v) is 4.34. The molecule has 2 rings (SSSR count). The minimum atomic E-state index is -0.0661. The molecule has 0 aliphatic heterocycles. The van der Waals surface area contributed by atoms with E-state index in [0.29, 0.717) is 0 Å². The molecule has 1 aliphatic carbocycles. The van der Waals surface area contributed by atoms with Gasteiger partial charge in [-0.2, -0.15) is 0 Å². The molecular formula is C11H12O2. The van der Waals surface area contributed by atoms with Crippen molar-refractivity contribution >= 4 is 0 Å². The summed E-state index contributed by atoms with van der Waals surface area (Å²) in [4.78, 5) is 0. The Hall–Kier alpha value is -1.44. The third kappa shape index (κ3) is 1.18. The molecule has 13 heavy (non-hydrogen) atoms. The molecule has 68 valence electrons. The molecule has 0 aromatic heterocycles. The Kier molecular flexibility index (Phi) is 1.59. The van der Waals surface area contributed by atoms with Crippen molar-refractivity contribution in [3.8, 4) is 11.5 Å². The van der Waals surface area contributed by atoms with Crippen molar-refractivity contribution in [1.82, 2.24) is 0 Å². The van der Waals surface area contributed by atoms with Gasteiger partial charge in [0.05, 0.1) is 0 Å². The van der Waals surface area contributed by atoms with Crippen molar-refractivity contribution in [2.24, 2.45) is 0 Å². The molecule has 0 unspecified atom stereocenters. The smallest absolute Gasteiger partial charge is 0.157 e. The molecule has 2 N–H and O–H groups in total. The summed E-state index contributed by atoms with van der Waals surface area (Å²) in [5.41, 5.74) is 1.10. The molecule has 1 saturated carbocycles. The zero-order chi connectivity index (χ0) is 9.47. The van der Waals surface area contributed by atoms with E-state index in [2.05, 4.69) is 6.58 Å². The lowest BCUT2D eigenvalue weighted by molar-refractivity contribution is 0.403. The second kappa shape index (κ2) is 2.52. The molecule has 2 heteroatoms. The first-order chi connectivity index (χ1) is 6.18. The molecule has 0 atom stereocenters. The van der Waals surface area contributed by atoms with Gasteiger partial charge in [0.15, 0.2) is 11.5 Å². The van der Waals surface area contributed by atoms with E-state index in [-0.39, 0.29) is 16.9 Å². The van der Waals surface area contributed by atoms with E-state index in [1.54, 1.807) is 6.07 Å².